The number of aromatic nitrogens is 5. The van der Waals surface area contributed by atoms with E-state index < -0.39 is 11.2 Å². The molecule has 4 N–H and O–H groups in total. The van der Waals surface area contributed by atoms with E-state index in [0.29, 0.717) is 37.6 Å². The van der Waals surface area contributed by atoms with Crippen molar-refractivity contribution in [1.82, 2.24) is 24.3 Å². The maximum atomic E-state index is 13.2. The number of rotatable bonds is 13. The molecular formula is C20H33N7O4S. The van der Waals surface area contributed by atoms with Crippen LogP contribution in [0.15, 0.2) is 19.5 Å². The summed E-state index contributed by atoms with van der Waals surface area (Å²) in [6.07, 6.45) is 4.80. The smallest absolute Gasteiger partial charge is 0.343 e. The van der Waals surface area contributed by atoms with E-state index in [-0.39, 0.29) is 28.9 Å². The highest BCUT2D eigenvalue weighted by Gasteiger charge is 2.24. The lowest BCUT2D eigenvalue weighted by Crippen LogP contribution is -2.42. The van der Waals surface area contributed by atoms with Crippen LogP contribution in [0.4, 0.5) is 11.5 Å². The van der Waals surface area contributed by atoms with E-state index in [4.69, 9.17) is 5.73 Å². The van der Waals surface area contributed by atoms with Crippen molar-refractivity contribution in [2.24, 2.45) is 0 Å². The van der Waals surface area contributed by atoms with Gasteiger partial charge in [-0.3, -0.25) is 23.7 Å². The fourth-order valence-corrected chi connectivity index (χ4v) is 4.14. The SMILES string of the molecule is CCCCCN(C(=O)CSc1n[nH]c(=O)n1CCC)c1c(N)n(CCCC)c(=O)[nH]c1=O. The molecule has 0 spiro atoms. The molecule has 0 aliphatic heterocycles. The highest BCUT2D eigenvalue weighted by atomic mass is 32.2. The molecule has 0 unspecified atom stereocenters. The summed E-state index contributed by atoms with van der Waals surface area (Å²) in [6, 6.07) is 0. The number of carbonyl (C=O) groups is 1. The first-order valence-electron chi connectivity index (χ1n) is 11.1. The molecule has 1 amide bonds. The molecular weight excluding hydrogens is 434 g/mol. The van der Waals surface area contributed by atoms with E-state index in [1.54, 1.807) is 0 Å². The van der Waals surface area contributed by atoms with E-state index in [1.165, 1.54) is 14.0 Å². The number of nitrogens with one attached hydrogen (secondary N) is 2. The standard InChI is InChI=1S/C20H33N7O4S/c1-4-7-9-12-25(14(28)13-32-20-24-23-19(31)27(20)10-6-3)15-16(21)26(11-8-5-2)18(30)22-17(15)29/h4-13,21H2,1-3H3,(H,23,31)(H,22,29,30). The maximum Gasteiger partial charge on any atom is 0.343 e. The number of anilines is 2. The summed E-state index contributed by atoms with van der Waals surface area (Å²) < 4.78 is 2.78. The fourth-order valence-electron chi connectivity index (χ4n) is 3.30. The van der Waals surface area contributed by atoms with Crippen LogP contribution in [0.25, 0.3) is 0 Å². The zero-order valence-electron chi connectivity index (χ0n) is 19.0. The van der Waals surface area contributed by atoms with Gasteiger partial charge >= 0.3 is 11.4 Å². The van der Waals surface area contributed by atoms with Gasteiger partial charge < -0.3 is 10.6 Å². The first-order chi connectivity index (χ1) is 15.3. The van der Waals surface area contributed by atoms with Gasteiger partial charge in [0.25, 0.3) is 5.56 Å². The minimum Gasteiger partial charge on any atom is -0.383 e. The first kappa shape index (κ1) is 25.5. The van der Waals surface area contributed by atoms with Gasteiger partial charge in [0.15, 0.2) is 10.8 Å². The number of thioether (sulfide) groups is 1. The molecule has 32 heavy (non-hydrogen) atoms. The number of unbranched alkanes of at least 4 members (excludes halogenated alkanes) is 3. The second kappa shape index (κ2) is 12.3. The van der Waals surface area contributed by atoms with Crippen LogP contribution >= 0.6 is 11.8 Å². The van der Waals surface area contributed by atoms with Crippen molar-refractivity contribution in [2.45, 2.75) is 77.5 Å². The van der Waals surface area contributed by atoms with Crippen LogP contribution < -0.4 is 27.6 Å². The van der Waals surface area contributed by atoms with Crippen LogP contribution in [0.3, 0.4) is 0 Å². The topological polar surface area (TPSA) is 152 Å². The normalized spacial score (nSPS) is 11.1. The maximum absolute atomic E-state index is 13.2. The second-order valence-electron chi connectivity index (χ2n) is 7.50. The molecule has 2 rings (SSSR count). The predicted molar refractivity (Wildman–Crippen MR) is 126 cm³/mol. The summed E-state index contributed by atoms with van der Waals surface area (Å²) in [7, 11) is 0. The summed E-state index contributed by atoms with van der Waals surface area (Å²) in [5, 5.41) is 6.80. The number of nitrogens with two attached hydrogens (primary N) is 1. The average Bonchev–Trinajstić information content (AvgIpc) is 3.10. The lowest BCUT2D eigenvalue weighted by Gasteiger charge is -2.24. The van der Waals surface area contributed by atoms with Gasteiger partial charge in [-0.05, 0) is 19.3 Å². The number of amides is 1. The largest absolute Gasteiger partial charge is 0.383 e. The molecule has 12 heteroatoms. The van der Waals surface area contributed by atoms with E-state index in [9.17, 15) is 19.2 Å². The molecule has 0 saturated heterocycles. The van der Waals surface area contributed by atoms with Gasteiger partial charge in [0.1, 0.15) is 5.82 Å². The quantitative estimate of drug-likeness (QED) is 0.298. The third-order valence-electron chi connectivity index (χ3n) is 5.00. The summed E-state index contributed by atoms with van der Waals surface area (Å²) in [4.78, 5) is 53.7. The molecule has 0 saturated carbocycles. The van der Waals surface area contributed by atoms with Gasteiger partial charge in [-0.15, -0.1) is 5.10 Å². The van der Waals surface area contributed by atoms with E-state index in [1.807, 2.05) is 20.8 Å². The monoisotopic (exact) mass is 467 g/mol. The molecule has 0 bridgehead atoms. The Hall–Kier alpha value is -2.76. The van der Waals surface area contributed by atoms with Crippen molar-refractivity contribution in [2.75, 3.05) is 22.9 Å². The Balaban J connectivity index is 2.35. The molecule has 0 atom stereocenters. The van der Waals surface area contributed by atoms with Gasteiger partial charge in [0.05, 0.1) is 5.75 Å². The predicted octanol–water partition coefficient (Wildman–Crippen LogP) is 1.53. The van der Waals surface area contributed by atoms with E-state index in [0.717, 1.165) is 37.4 Å². The molecule has 2 aromatic heterocycles. The molecule has 178 valence electrons. The number of H-pyrrole nitrogens is 2. The average molecular weight is 468 g/mol. The van der Waals surface area contributed by atoms with Crippen molar-refractivity contribution in [3.05, 3.63) is 31.3 Å². The first-order valence-corrected chi connectivity index (χ1v) is 12.0. The lowest BCUT2D eigenvalue weighted by molar-refractivity contribution is -0.116. The molecule has 0 aliphatic carbocycles. The van der Waals surface area contributed by atoms with E-state index >= 15 is 0 Å². The van der Waals surface area contributed by atoms with Crippen LogP contribution in [0.2, 0.25) is 0 Å². The second-order valence-corrected chi connectivity index (χ2v) is 8.44. The minimum atomic E-state index is -0.683. The molecule has 0 fully saturated rings. The fraction of sp³-hybridized carbons (Fsp3) is 0.650. The Labute approximate surface area is 190 Å². The van der Waals surface area contributed by atoms with E-state index in [2.05, 4.69) is 15.2 Å². The van der Waals surface area contributed by atoms with Crippen LogP contribution in [-0.2, 0) is 17.9 Å². The lowest BCUT2D eigenvalue weighted by atomic mass is 10.2. The van der Waals surface area contributed by atoms with Crippen LogP contribution in [0.5, 0.6) is 0 Å². The molecule has 2 aromatic rings. The number of hydrogen-bond acceptors (Lipinski definition) is 7. The van der Waals surface area contributed by atoms with Gasteiger partial charge in [-0.25, -0.2) is 14.7 Å². The zero-order valence-corrected chi connectivity index (χ0v) is 19.8. The Morgan fingerprint density at radius 2 is 1.72 bits per heavy atom. The summed E-state index contributed by atoms with van der Waals surface area (Å²) in [5.41, 5.74) is 4.62. The van der Waals surface area contributed by atoms with Gasteiger partial charge in [-0.2, -0.15) is 0 Å². The van der Waals surface area contributed by atoms with Crippen molar-refractivity contribution < 1.29 is 4.79 Å². The van der Waals surface area contributed by atoms with Crippen molar-refractivity contribution in [3.63, 3.8) is 0 Å². The Kier molecular flexibility index (Phi) is 9.82. The molecule has 11 nitrogen and oxygen atoms in total. The number of carbonyl (C=O) groups excluding carboxylic acids is 1. The molecule has 0 aliphatic rings. The number of hydrogen-bond donors (Lipinski definition) is 3. The molecule has 0 aromatic carbocycles. The summed E-state index contributed by atoms with van der Waals surface area (Å²) in [5.74, 6) is -0.389. The third kappa shape index (κ3) is 6.15. The number of nitrogen functional groups attached to an aromatic ring is 1. The summed E-state index contributed by atoms with van der Waals surface area (Å²) in [6.45, 7) is 7.11. The Morgan fingerprint density at radius 3 is 2.38 bits per heavy atom. The molecule has 2 heterocycles. The highest BCUT2D eigenvalue weighted by Crippen LogP contribution is 2.21. The van der Waals surface area contributed by atoms with Gasteiger partial charge in [0.2, 0.25) is 5.91 Å². The van der Waals surface area contributed by atoms with Crippen LogP contribution in [-0.4, -0.2) is 42.5 Å². The minimum absolute atomic E-state index is 0.00428. The number of nitrogens with zero attached hydrogens (tertiary/aromatic N) is 4. The van der Waals surface area contributed by atoms with Gasteiger partial charge in [-0.1, -0.05) is 51.8 Å². The van der Waals surface area contributed by atoms with Crippen LogP contribution in [0.1, 0.15) is 59.3 Å². The number of aromatic amines is 2. The van der Waals surface area contributed by atoms with Crippen molar-refractivity contribution >= 4 is 29.2 Å². The van der Waals surface area contributed by atoms with Crippen molar-refractivity contribution in [1.29, 1.82) is 0 Å². The van der Waals surface area contributed by atoms with Crippen molar-refractivity contribution in [3.8, 4) is 0 Å². The summed E-state index contributed by atoms with van der Waals surface area (Å²) >= 11 is 1.12. The van der Waals surface area contributed by atoms with Crippen LogP contribution in [0, 0.1) is 0 Å². The third-order valence-corrected chi connectivity index (χ3v) is 5.96. The zero-order chi connectivity index (χ0) is 23.7. The molecule has 0 radical (unpaired) electrons. The highest BCUT2D eigenvalue weighted by molar-refractivity contribution is 7.99. The Morgan fingerprint density at radius 1 is 1.00 bits per heavy atom. The Bertz CT molecular complexity index is 1070. The van der Waals surface area contributed by atoms with Gasteiger partial charge in [0, 0.05) is 19.6 Å².